The fraction of sp³-hybridized carbons (Fsp3) is 0.483. The van der Waals surface area contributed by atoms with Crippen molar-refractivity contribution >= 4 is 63.6 Å². The van der Waals surface area contributed by atoms with Gasteiger partial charge < -0.3 is 30.1 Å². The van der Waals surface area contributed by atoms with Crippen LogP contribution in [0.4, 0.5) is 15.5 Å². The fourth-order valence-corrected chi connectivity index (χ4v) is 6.43. The monoisotopic (exact) mass is 619 g/mol. The number of benzene rings is 1. The van der Waals surface area contributed by atoms with Gasteiger partial charge in [-0.2, -0.15) is 0 Å². The Hall–Kier alpha value is -3.58. The summed E-state index contributed by atoms with van der Waals surface area (Å²) in [6.07, 6.45) is 0.0597. The number of rotatable bonds is 11. The van der Waals surface area contributed by atoms with Crippen molar-refractivity contribution in [2.75, 3.05) is 23.8 Å². The van der Waals surface area contributed by atoms with E-state index >= 15 is 0 Å². The maximum Gasteiger partial charge on any atom is 0.410 e. The molecular formula is C29H37N3O8S2. The quantitative estimate of drug-likeness (QED) is 0.218. The Morgan fingerprint density at radius 1 is 1.12 bits per heavy atom. The minimum atomic E-state index is -1.05. The third-order valence-electron chi connectivity index (χ3n) is 6.05. The number of aliphatic carboxylic acids is 1. The van der Waals surface area contributed by atoms with E-state index in [-0.39, 0.29) is 31.9 Å². The minimum absolute atomic E-state index is 0.143. The first-order valence-electron chi connectivity index (χ1n) is 13.7. The summed E-state index contributed by atoms with van der Waals surface area (Å²) in [5, 5.41) is 14.3. The minimum Gasteiger partial charge on any atom is -0.481 e. The summed E-state index contributed by atoms with van der Waals surface area (Å²) >= 11 is 2.56. The topological polar surface area (TPSA) is 151 Å². The van der Waals surface area contributed by atoms with E-state index in [1.165, 1.54) is 23.1 Å². The standard InChI is InChI=1S/C29H37N3O8S2/c1-6-20(41-18-10-8-9-17(15-18)30-22(33)11-12-23(34)35)25(36)31-26-24(27(37)39-7-2)19-13-14-32(16-21(19)42-26)28(38)40-29(3,4)5/h8-10,15,20H,6-7,11-14,16H2,1-5H3,(H,30,33)(H,31,36)(H,34,35). The molecule has 3 N–H and O–H groups in total. The lowest BCUT2D eigenvalue weighted by Gasteiger charge is -2.30. The van der Waals surface area contributed by atoms with Gasteiger partial charge in [0.1, 0.15) is 10.6 Å². The van der Waals surface area contributed by atoms with Crippen LogP contribution in [0.3, 0.4) is 0 Å². The summed E-state index contributed by atoms with van der Waals surface area (Å²) in [5.74, 6) is -2.29. The second-order valence-electron chi connectivity index (χ2n) is 10.6. The van der Waals surface area contributed by atoms with Crippen LogP contribution in [0.15, 0.2) is 29.2 Å². The number of carbonyl (C=O) groups is 5. The van der Waals surface area contributed by atoms with Crippen molar-refractivity contribution < 1.29 is 38.6 Å². The highest BCUT2D eigenvalue weighted by Crippen LogP contribution is 2.39. The largest absolute Gasteiger partial charge is 0.481 e. The van der Waals surface area contributed by atoms with Crippen LogP contribution < -0.4 is 10.6 Å². The van der Waals surface area contributed by atoms with Gasteiger partial charge in [-0.3, -0.25) is 14.4 Å². The molecule has 13 heteroatoms. The lowest BCUT2D eigenvalue weighted by molar-refractivity contribution is -0.138. The molecule has 1 aromatic heterocycles. The van der Waals surface area contributed by atoms with Gasteiger partial charge in [-0.25, -0.2) is 9.59 Å². The second-order valence-corrected chi connectivity index (χ2v) is 12.9. The number of nitrogens with one attached hydrogen (secondary N) is 2. The average molecular weight is 620 g/mol. The Bertz CT molecular complexity index is 1330. The van der Waals surface area contributed by atoms with Gasteiger partial charge in [-0.05, 0) is 64.3 Å². The summed E-state index contributed by atoms with van der Waals surface area (Å²) in [5.41, 5.74) is 0.941. The molecule has 1 aliphatic rings. The van der Waals surface area contributed by atoms with Crippen molar-refractivity contribution in [1.29, 1.82) is 0 Å². The van der Waals surface area contributed by atoms with Crippen LogP contribution in [0.5, 0.6) is 0 Å². The predicted octanol–water partition coefficient (Wildman–Crippen LogP) is 5.53. The van der Waals surface area contributed by atoms with E-state index in [9.17, 15) is 24.0 Å². The molecule has 2 heterocycles. The molecule has 0 saturated carbocycles. The molecule has 228 valence electrons. The number of hydrogen-bond donors (Lipinski definition) is 3. The highest BCUT2D eigenvalue weighted by molar-refractivity contribution is 8.00. The number of fused-ring (bicyclic) bond motifs is 1. The number of ether oxygens (including phenoxy) is 2. The number of amides is 3. The van der Waals surface area contributed by atoms with Crippen LogP contribution in [0.1, 0.15) is 74.7 Å². The van der Waals surface area contributed by atoms with E-state index < -0.39 is 34.8 Å². The predicted molar refractivity (Wildman–Crippen MR) is 161 cm³/mol. The number of esters is 1. The van der Waals surface area contributed by atoms with E-state index in [0.29, 0.717) is 35.6 Å². The number of carboxylic acid groups (broad SMARTS) is 1. The molecule has 0 saturated heterocycles. The third-order valence-corrected chi connectivity index (χ3v) is 8.54. The van der Waals surface area contributed by atoms with Crippen molar-refractivity contribution in [3.63, 3.8) is 0 Å². The molecule has 0 fully saturated rings. The lowest BCUT2D eigenvalue weighted by Crippen LogP contribution is -2.39. The number of anilines is 2. The summed E-state index contributed by atoms with van der Waals surface area (Å²) in [6.45, 7) is 9.80. The van der Waals surface area contributed by atoms with Gasteiger partial charge in [0, 0.05) is 28.4 Å². The van der Waals surface area contributed by atoms with E-state index in [1.807, 2.05) is 13.0 Å². The average Bonchev–Trinajstić information content (AvgIpc) is 3.26. The lowest BCUT2D eigenvalue weighted by atomic mass is 10.0. The molecule has 0 aliphatic carbocycles. The van der Waals surface area contributed by atoms with Gasteiger partial charge in [0.2, 0.25) is 11.8 Å². The molecular weight excluding hydrogens is 582 g/mol. The molecule has 3 amide bonds. The molecule has 1 atom stereocenters. The SMILES string of the molecule is CCOC(=O)c1c(NC(=O)C(CC)Sc2cccc(NC(=O)CCC(=O)O)c2)sc2c1CCN(C(=O)OC(C)(C)C)C2. The van der Waals surface area contributed by atoms with Crippen LogP contribution in [-0.2, 0) is 36.8 Å². The van der Waals surface area contributed by atoms with Crippen LogP contribution in [0.25, 0.3) is 0 Å². The Balaban J connectivity index is 1.76. The molecule has 1 unspecified atom stereocenters. The Morgan fingerprint density at radius 3 is 2.50 bits per heavy atom. The number of carbonyl (C=O) groups excluding carboxylic acids is 4. The molecule has 0 spiro atoms. The van der Waals surface area contributed by atoms with E-state index in [2.05, 4.69) is 10.6 Å². The smallest absolute Gasteiger partial charge is 0.410 e. The molecule has 42 heavy (non-hydrogen) atoms. The zero-order valence-electron chi connectivity index (χ0n) is 24.4. The van der Waals surface area contributed by atoms with Crippen LogP contribution in [-0.4, -0.2) is 63.9 Å². The van der Waals surface area contributed by atoms with Gasteiger partial charge in [0.15, 0.2) is 0 Å². The first-order chi connectivity index (χ1) is 19.8. The van der Waals surface area contributed by atoms with Gasteiger partial charge in [-0.15, -0.1) is 23.1 Å². The molecule has 1 aromatic carbocycles. The van der Waals surface area contributed by atoms with E-state index in [4.69, 9.17) is 14.6 Å². The molecule has 1 aliphatic heterocycles. The fourth-order valence-electron chi connectivity index (χ4n) is 4.16. The Kier molecular flexibility index (Phi) is 11.4. The number of thiophene rings is 1. The van der Waals surface area contributed by atoms with Crippen LogP contribution in [0.2, 0.25) is 0 Å². The van der Waals surface area contributed by atoms with Gasteiger partial charge in [0.05, 0.1) is 30.4 Å². The highest BCUT2D eigenvalue weighted by Gasteiger charge is 2.33. The first kappa shape index (κ1) is 32.9. The molecule has 0 bridgehead atoms. The number of thioether (sulfide) groups is 1. The third kappa shape index (κ3) is 9.21. The maximum absolute atomic E-state index is 13.4. The second kappa shape index (κ2) is 14.5. The van der Waals surface area contributed by atoms with Gasteiger partial charge >= 0.3 is 18.0 Å². The van der Waals surface area contributed by atoms with Crippen molar-refractivity contribution in [3.8, 4) is 0 Å². The Labute approximate surface area is 253 Å². The van der Waals surface area contributed by atoms with Crippen LogP contribution in [0, 0.1) is 0 Å². The zero-order valence-corrected chi connectivity index (χ0v) is 26.0. The number of hydrogen-bond acceptors (Lipinski definition) is 9. The van der Waals surface area contributed by atoms with Gasteiger partial charge in [-0.1, -0.05) is 13.0 Å². The number of carboxylic acids is 1. The zero-order chi connectivity index (χ0) is 31.0. The van der Waals surface area contributed by atoms with Crippen molar-refractivity contribution in [2.24, 2.45) is 0 Å². The molecule has 2 aromatic rings. The van der Waals surface area contributed by atoms with Crippen molar-refractivity contribution in [1.82, 2.24) is 4.90 Å². The molecule has 3 rings (SSSR count). The van der Waals surface area contributed by atoms with Crippen LogP contribution >= 0.6 is 23.1 Å². The first-order valence-corrected chi connectivity index (χ1v) is 15.4. The van der Waals surface area contributed by atoms with E-state index in [0.717, 1.165) is 15.3 Å². The number of nitrogens with zero attached hydrogens (tertiary/aromatic N) is 1. The highest BCUT2D eigenvalue weighted by atomic mass is 32.2. The maximum atomic E-state index is 13.4. The summed E-state index contributed by atoms with van der Waals surface area (Å²) < 4.78 is 10.8. The van der Waals surface area contributed by atoms with Crippen molar-refractivity contribution in [2.45, 2.75) is 82.6 Å². The van der Waals surface area contributed by atoms with Crippen molar-refractivity contribution in [3.05, 3.63) is 40.3 Å². The summed E-state index contributed by atoms with van der Waals surface area (Å²) in [7, 11) is 0. The summed E-state index contributed by atoms with van der Waals surface area (Å²) in [6, 6.07) is 6.96. The summed E-state index contributed by atoms with van der Waals surface area (Å²) in [4.78, 5) is 65.0. The Morgan fingerprint density at radius 2 is 1.86 bits per heavy atom. The van der Waals surface area contributed by atoms with E-state index in [1.54, 1.807) is 50.8 Å². The molecule has 11 nitrogen and oxygen atoms in total. The normalized spacial score (nSPS) is 13.5. The molecule has 0 radical (unpaired) electrons. The van der Waals surface area contributed by atoms with Gasteiger partial charge in [0.25, 0.3) is 0 Å².